The van der Waals surface area contributed by atoms with E-state index in [0.717, 1.165) is 4.47 Å². The van der Waals surface area contributed by atoms with Crippen LogP contribution in [0.1, 0.15) is 37.6 Å². The van der Waals surface area contributed by atoms with Crippen molar-refractivity contribution in [1.82, 2.24) is 5.32 Å². The Hall–Kier alpha value is -1.07. The number of nitrogens with one attached hydrogen (secondary N) is 1. The SMILES string of the molecule is CC(C)(C)C(CCO)NC(=O)c1ccc(Br)c(N)c1. The van der Waals surface area contributed by atoms with Gasteiger partial charge >= 0.3 is 0 Å². The summed E-state index contributed by atoms with van der Waals surface area (Å²) < 4.78 is 0.770. The number of nitrogens with two attached hydrogens (primary N) is 1. The maximum Gasteiger partial charge on any atom is 0.251 e. The van der Waals surface area contributed by atoms with Crippen molar-refractivity contribution in [1.29, 1.82) is 0 Å². The van der Waals surface area contributed by atoms with E-state index in [9.17, 15) is 4.79 Å². The van der Waals surface area contributed by atoms with Gasteiger partial charge in [0, 0.05) is 28.4 Å². The number of aliphatic hydroxyl groups is 1. The number of aliphatic hydroxyl groups excluding tert-OH is 1. The highest BCUT2D eigenvalue weighted by atomic mass is 79.9. The van der Waals surface area contributed by atoms with Crippen LogP contribution >= 0.6 is 15.9 Å². The molecule has 4 nitrogen and oxygen atoms in total. The van der Waals surface area contributed by atoms with Gasteiger partial charge in [0.1, 0.15) is 0 Å². The molecule has 0 spiro atoms. The Morgan fingerprint density at radius 2 is 2.11 bits per heavy atom. The third kappa shape index (κ3) is 4.51. The van der Waals surface area contributed by atoms with Gasteiger partial charge in [0.2, 0.25) is 0 Å². The van der Waals surface area contributed by atoms with Crippen LogP contribution < -0.4 is 11.1 Å². The Bertz CT molecular complexity index is 455. The monoisotopic (exact) mass is 328 g/mol. The molecule has 0 heterocycles. The first-order valence-corrected chi connectivity index (χ1v) is 7.01. The van der Waals surface area contributed by atoms with Gasteiger partial charge in [0.15, 0.2) is 0 Å². The van der Waals surface area contributed by atoms with Gasteiger partial charge in [-0.05, 0) is 46.0 Å². The van der Waals surface area contributed by atoms with Gasteiger partial charge in [-0.2, -0.15) is 0 Å². The minimum Gasteiger partial charge on any atom is -0.398 e. The maximum atomic E-state index is 12.2. The molecular weight excluding hydrogens is 308 g/mol. The van der Waals surface area contributed by atoms with E-state index in [4.69, 9.17) is 10.8 Å². The molecule has 5 heteroatoms. The molecule has 1 amide bonds. The summed E-state index contributed by atoms with van der Waals surface area (Å²) in [5, 5.41) is 12.0. The van der Waals surface area contributed by atoms with Crippen LogP contribution in [0, 0.1) is 5.41 Å². The molecule has 0 saturated carbocycles. The van der Waals surface area contributed by atoms with Crippen molar-refractivity contribution in [2.24, 2.45) is 5.41 Å². The van der Waals surface area contributed by atoms with Crippen molar-refractivity contribution in [3.8, 4) is 0 Å². The lowest BCUT2D eigenvalue weighted by Crippen LogP contribution is -2.44. The fourth-order valence-electron chi connectivity index (χ4n) is 1.78. The summed E-state index contributed by atoms with van der Waals surface area (Å²) in [4.78, 5) is 12.2. The normalized spacial score (nSPS) is 13.1. The summed E-state index contributed by atoms with van der Waals surface area (Å²) in [7, 11) is 0. The van der Waals surface area contributed by atoms with Crippen LogP contribution in [0.2, 0.25) is 0 Å². The lowest BCUT2D eigenvalue weighted by atomic mass is 9.84. The zero-order valence-electron chi connectivity index (χ0n) is 11.5. The number of nitrogen functional groups attached to an aromatic ring is 1. The van der Waals surface area contributed by atoms with Crippen LogP contribution in [0.25, 0.3) is 0 Å². The van der Waals surface area contributed by atoms with Crippen LogP contribution in [-0.2, 0) is 0 Å². The van der Waals surface area contributed by atoms with E-state index in [1.807, 2.05) is 20.8 Å². The molecule has 1 unspecified atom stereocenters. The number of carbonyl (C=O) groups excluding carboxylic acids is 1. The summed E-state index contributed by atoms with van der Waals surface area (Å²) in [5.74, 6) is -0.174. The molecule has 0 fully saturated rings. The van der Waals surface area contributed by atoms with Crippen LogP contribution in [-0.4, -0.2) is 23.7 Å². The average molecular weight is 329 g/mol. The second kappa shape index (κ2) is 6.39. The van der Waals surface area contributed by atoms with Gasteiger partial charge in [-0.15, -0.1) is 0 Å². The van der Waals surface area contributed by atoms with Crippen molar-refractivity contribution < 1.29 is 9.90 Å². The van der Waals surface area contributed by atoms with Crippen molar-refractivity contribution in [2.45, 2.75) is 33.2 Å². The van der Waals surface area contributed by atoms with Gasteiger partial charge in [-0.3, -0.25) is 4.79 Å². The van der Waals surface area contributed by atoms with Crippen LogP contribution in [0.4, 0.5) is 5.69 Å². The fourth-order valence-corrected chi connectivity index (χ4v) is 2.02. The first kappa shape index (κ1) is 16.0. The molecule has 0 aliphatic rings. The topological polar surface area (TPSA) is 75.3 Å². The first-order chi connectivity index (χ1) is 8.75. The van der Waals surface area contributed by atoms with E-state index < -0.39 is 0 Å². The lowest BCUT2D eigenvalue weighted by molar-refractivity contribution is 0.0885. The Kier molecular flexibility index (Phi) is 5.38. The molecule has 0 aliphatic heterocycles. The van der Waals surface area contributed by atoms with Crippen molar-refractivity contribution in [3.05, 3.63) is 28.2 Å². The molecular formula is C14H21BrN2O2. The van der Waals surface area contributed by atoms with E-state index in [1.54, 1.807) is 18.2 Å². The number of carbonyl (C=O) groups is 1. The number of anilines is 1. The molecule has 0 bridgehead atoms. The van der Waals surface area contributed by atoms with Gasteiger partial charge in [0.05, 0.1) is 0 Å². The zero-order chi connectivity index (χ0) is 14.6. The van der Waals surface area contributed by atoms with E-state index >= 15 is 0 Å². The summed E-state index contributed by atoms with van der Waals surface area (Å²) in [6.07, 6.45) is 0.529. The number of benzene rings is 1. The van der Waals surface area contributed by atoms with Crippen molar-refractivity contribution in [3.63, 3.8) is 0 Å². The Balaban J connectivity index is 2.84. The third-order valence-corrected chi connectivity index (χ3v) is 3.75. The van der Waals surface area contributed by atoms with Gasteiger partial charge in [-0.25, -0.2) is 0 Å². The third-order valence-electron chi connectivity index (χ3n) is 3.03. The number of halogens is 1. The van der Waals surface area contributed by atoms with Crippen molar-refractivity contribution in [2.75, 3.05) is 12.3 Å². The van der Waals surface area contributed by atoms with Crippen LogP contribution in [0.15, 0.2) is 22.7 Å². The molecule has 19 heavy (non-hydrogen) atoms. The number of rotatable bonds is 4. The van der Waals surface area contributed by atoms with E-state index in [-0.39, 0.29) is 24.0 Å². The average Bonchev–Trinajstić information content (AvgIpc) is 2.30. The minimum absolute atomic E-state index is 0.0463. The van der Waals surface area contributed by atoms with Gasteiger partial charge < -0.3 is 16.2 Å². The molecule has 4 N–H and O–H groups in total. The summed E-state index contributed by atoms with van der Waals surface area (Å²) in [6, 6.07) is 5.02. The Morgan fingerprint density at radius 3 is 2.58 bits per heavy atom. The second-order valence-corrected chi connectivity index (χ2v) is 6.49. The summed E-state index contributed by atoms with van der Waals surface area (Å²) in [5.41, 5.74) is 6.71. The highest BCUT2D eigenvalue weighted by molar-refractivity contribution is 9.10. The molecule has 1 rings (SSSR count). The number of hydrogen-bond donors (Lipinski definition) is 3. The Labute approximate surface area is 122 Å². The lowest BCUT2D eigenvalue weighted by Gasteiger charge is -2.31. The quantitative estimate of drug-likeness (QED) is 0.743. The molecule has 1 aromatic carbocycles. The Morgan fingerprint density at radius 1 is 1.47 bits per heavy atom. The van der Waals surface area contributed by atoms with E-state index in [2.05, 4.69) is 21.2 Å². The minimum atomic E-state index is -0.174. The van der Waals surface area contributed by atoms with Gasteiger partial charge in [-0.1, -0.05) is 20.8 Å². The van der Waals surface area contributed by atoms with Crippen molar-refractivity contribution >= 4 is 27.5 Å². The summed E-state index contributed by atoms with van der Waals surface area (Å²) in [6.45, 7) is 6.14. The molecule has 106 valence electrons. The van der Waals surface area contributed by atoms with E-state index in [1.165, 1.54) is 0 Å². The fraction of sp³-hybridized carbons (Fsp3) is 0.500. The van der Waals surface area contributed by atoms with Crippen LogP contribution in [0.5, 0.6) is 0 Å². The predicted molar refractivity (Wildman–Crippen MR) is 81.0 cm³/mol. The largest absolute Gasteiger partial charge is 0.398 e. The molecule has 0 saturated heterocycles. The molecule has 1 atom stereocenters. The summed E-state index contributed by atoms with van der Waals surface area (Å²) >= 11 is 3.30. The maximum absolute atomic E-state index is 12.2. The smallest absolute Gasteiger partial charge is 0.251 e. The second-order valence-electron chi connectivity index (χ2n) is 5.64. The molecule has 1 aromatic rings. The highest BCUT2D eigenvalue weighted by Crippen LogP contribution is 2.23. The van der Waals surface area contributed by atoms with Crippen LogP contribution in [0.3, 0.4) is 0 Å². The van der Waals surface area contributed by atoms with Gasteiger partial charge in [0.25, 0.3) is 5.91 Å². The standard InChI is InChI=1S/C14H21BrN2O2/c1-14(2,3)12(6-7-18)17-13(19)9-4-5-10(15)11(16)8-9/h4-5,8,12,18H,6-7,16H2,1-3H3,(H,17,19). The first-order valence-electron chi connectivity index (χ1n) is 6.22. The highest BCUT2D eigenvalue weighted by Gasteiger charge is 2.26. The molecule has 0 aliphatic carbocycles. The molecule has 0 aromatic heterocycles. The predicted octanol–water partition coefficient (Wildman–Crippen LogP) is 2.56. The number of hydrogen-bond acceptors (Lipinski definition) is 3. The van der Waals surface area contributed by atoms with E-state index in [0.29, 0.717) is 17.7 Å². The number of amides is 1. The molecule has 0 radical (unpaired) electrons. The zero-order valence-corrected chi connectivity index (χ0v) is 13.1.